The summed E-state index contributed by atoms with van der Waals surface area (Å²) in [5, 5.41) is 9.11. The minimum Gasteiger partial charge on any atom is -0.478 e. The molecule has 1 aromatic heterocycles. The van der Waals surface area contributed by atoms with Crippen molar-refractivity contribution >= 4 is 5.97 Å². The third kappa shape index (κ3) is 2.04. The van der Waals surface area contributed by atoms with E-state index in [4.69, 9.17) is 5.11 Å². The number of hydrogen-bond donors (Lipinski definition) is 1. The molecule has 0 unspecified atom stereocenters. The van der Waals surface area contributed by atoms with Crippen LogP contribution >= 0.6 is 0 Å². The van der Waals surface area contributed by atoms with Crippen molar-refractivity contribution in [2.45, 2.75) is 13.8 Å². The highest BCUT2D eigenvalue weighted by Crippen LogP contribution is 2.27. The molecule has 0 radical (unpaired) electrons. The molecule has 3 heteroatoms. The number of aromatic nitrogens is 1. The zero-order valence-corrected chi connectivity index (χ0v) is 9.77. The van der Waals surface area contributed by atoms with Gasteiger partial charge in [0.2, 0.25) is 0 Å². The average Bonchev–Trinajstić information content (AvgIpc) is 2.30. The molecule has 0 aliphatic carbocycles. The average molecular weight is 227 g/mol. The zero-order valence-electron chi connectivity index (χ0n) is 9.77. The fourth-order valence-electron chi connectivity index (χ4n) is 1.98. The molecule has 2 rings (SSSR count). The molecule has 0 atom stereocenters. The fourth-order valence-corrected chi connectivity index (χ4v) is 1.98. The first-order chi connectivity index (χ1) is 8.11. The zero-order chi connectivity index (χ0) is 12.4. The van der Waals surface area contributed by atoms with E-state index in [0.29, 0.717) is 5.56 Å². The molecule has 0 saturated heterocycles. The Morgan fingerprint density at radius 3 is 2.53 bits per heavy atom. The predicted molar refractivity (Wildman–Crippen MR) is 66.1 cm³/mol. The summed E-state index contributed by atoms with van der Waals surface area (Å²) in [5.41, 5.74) is 3.84. The van der Waals surface area contributed by atoms with Gasteiger partial charge in [0.25, 0.3) is 0 Å². The second-order valence-electron chi connectivity index (χ2n) is 3.95. The Hall–Kier alpha value is -2.16. The number of hydrogen-bond acceptors (Lipinski definition) is 2. The molecule has 0 saturated carbocycles. The number of carboxylic acid groups (broad SMARTS) is 1. The van der Waals surface area contributed by atoms with Crippen LogP contribution in [0.5, 0.6) is 0 Å². The molecule has 0 aliphatic rings. The van der Waals surface area contributed by atoms with Gasteiger partial charge in [0.05, 0.1) is 11.3 Å². The van der Waals surface area contributed by atoms with Crippen molar-refractivity contribution in [3.63, 3.8) is 0 Å². The van der Waals surface area contributed by atoms with E-state index in [9.17, 15) is 4.79 Å². The molecular weight excluding hydrogens is 214 g/mol. The molecule has 0 bridgehead atoms. The summed E-state index contributed by atoms with van der Waals surface area (Å²) >= 11 is 0. The van der Waals surface area contributed by atoms with E-state index in [0.717, 1.165) is 22.4 Å². The van der Waals surface area contributed by atoms with Crippen LogP contribution in [0.1, 0.15) is 21.5 Å². The van der Waals surface area contributed by atoms with Crippen molar-refractivity contribution in [3.8, 4) is 11.3 Å². The van der Waals surface area contributed by atoms with E-state index in [-0.39, 0.29) is 0 Å². The molecule has 86 valence electrons. The monoisotopic (exact) mass is 227 g/mol. The Balaban J connectivity index is 2.69. The number of carbonyl (C=O) groups is 1. The van der Waals surface area contributed by atoms with Gasteiger partial charge in [-0.2, -0.15) is 0 Å². The first-order valence-electron chi connectivity index (χ1n) is 5.36. The number of benzene rings is 1. The van der Waals surface area contributed by atoms with Gasteiger partial charge in [-0.05, 0) is 43.2 Å². The Labute approximate surface area is 99.8 Å². The second-order valence-corrected chi connectivity index (χ2v) is 3.95. The van der Waals surface area contributed by atoms with Crippen molar-refractivity contribution in [1.29, 1.82) is 0 Å². The number of pyridine rings is 1. The van der Waals surface area contributed by atoms with E-state index in [1.807, 2.05) is 38.1 Å². The largest absolute Gasteiger partial charge is 0.478 e. The van der Waals surface area contributed by atoms with E-state index in [1.165, 1.54) is 0 Å². The molecule has 0 amide bonds. The smallest absolute Gasteiger partial charge is 0.335 e. The van der Waals surface area contributed by atoms with Crippen LogP contribution in [-0.2, 0) is 0 Å². The molecule has 2 aromatic rings. The standard InChI is InChI=1S/C14H13NO2/c1-9-6-7-11(14(16)17)10(2)13(9)12-5-3-4-8-15-12/h3-8H,1-2H3,(H,16,17). The Kier molecular flexibility index (Phi) is 2.91. The SMILES string of the molecule is Cc1ccc(C(=O)O)c(C)c1-c1ccccn1. The van der Waals surface area contributed by atoms with Crippen LogP contribution in [0.4, 0.5) is 0 Å². The van der Waals surface area contributed by atoms with Crippen LogP contribution in [0.15, 0.2) is 36.5 Å². The third-order valence-corrected chi connectivity index (χ3v) is 2.82. The molecule has 17 heavy (non-hydrogen) atoms. The van der Waals surface area contributed by atoms with E-state index in [1.54, 1.807) is 12.3 Å². The molecule has 0 aliphatic heterocycles. The summed E-state index contributed by atoms with van der Waals surface area (Å²) in [6, 6.07) is 9.09. The van der Waals surface area contributed by atoms with Crippen molar-refractivity contribution in [2.24, 2.45) is 0 Å². The second kappa shape index (κ2) is 4.37. The molecule has 1 aromatic carbocycles. The number of aromatic carboxylic acids is 1. The lowest BCUT2D eigenvalue weighted by molar-refractivity contribution is 0.0696. The van der Waals surface area contributed by atoms with Crippen LogP contribution in [0.25, 0.3) is 11.3 Å². The van der Waals surface area contributed by atoms with Crippen molar-refractivity contribution in [3.05, 3.63) is 53.2 Å². The Morgan fingerprint density at radius 2 is 1.94 bits per heavy atom. The van der Waals surface area contributed by atoms with Crippen LogP contribution in [0.3, 0.4) is 0 Å². The first kappa shape index (κ1) is 11.3. The van der Waals surface area contributed by atoms with Gasteiger partial charge in [-0.3, -0.25) is 4.98 Å². The summed E-state index contributed by atoms with van der Waals surface area (Å²) in [4.78, 5) is 15.4. The van der Waals surface area contributed by atoms with Gasteiger partial charge >= 0.3 is 5.97 Å². The highest BCUT2D eigenvalue weighted by atomic mass is 16.4. The topological polar surface area (TPSA) is 50.2 Å². The lowest BCUT2D eigenvalue weighted by Gasteiger charge is -2.11. The van der Waals surface area contributed by atoms with E-state index in [2.05, 4.69) is 4.98 Å². The maximum absolute atomic E-state index is 11.1. The maximum Gasteiger partial charge on any atom is 0.335 e. The van der Waals surface area contributed by atoms with Crippen molar-refractivity contribution in [1.82, 2.24) is 4.98 Å². The van der Waals surface area contributed by atoms with Gasteiger partial charge in [-0.1, -0.05) is 12.1 Å². The minimum absolute atomic E-state index is 0.330. The highest BCUT2D eigenvalue weighted by molar-refractivity contribution is 5.92. The molecule has 1 heterocycles. The normalized spacial score (nSPS) is 10.2. The van der Waals surface area contributed by atoms with E-state index < -0.39 is 5.97 Å². The lowest BCUT2D eigenvalue weighted by Crippen LogP contribution is -2.02. The van der Waals surface area contributed by atoms with Crippen LogP contribution in [0.2, 0.25) is 0 Å². The summed E-state index contributed by atoms with van der Waals surface area (Å²) in [7, 11) is 0. The summed E-state index contributed by atoms with van der Waals surface area (Å²) in [6.45, 7) is 3.78. The molecule has 0 fully saturated rings. The first-order valence-corrected chi connectivity index (χ1v) is 5.36. The minimum atomic E-state index is -0.903. The number of nitrogens with zero attached hydrogens (tertiary/aromatic N) is 1. The third-order valence-electron chi connectivity index (χ3n) is 2.82. The number of aryl methyl sites for hydroxylation is 1. The van der Waals surface area contributed by atoms with Gasteiger partial charge in [-0.15, -0.1) is 0 Å². The Morgan fingerprint density at radius 1 is 1.18 bits per heavy atom. The van der Waals surface area contributed by atoms with Crippen molar-refractivity contribution in [2.75, 3.05) is 0 Å². The maximum atomic E-state index is 11.1. The summed E-state index contributed by atoms with van der Waals surface area (Å²) in [6.07, 6.45) is 1.71. The number of carboxylic acids is 1. The van der Waals surface area contributed by atoms with Crippen LogP contribution in [0, 0.1) is 13.8 Å². The molecule has 0 spiro atoms. The highest BCUT2D eigenvalue weighted by Gasteiger charge is 2.14. The Bertz CT molecular complexity index is 562. The van der Waals surface area contributed by atoms with Gasteiger partial charge in [0, 0.05) is 11.8 Å². The number of rotatable bonds is 2. The summed E-state index contributed by atoms with van der Waals surface area (Å²) < 4.78 is 0. The predicted octanol–water partition coefficient (Wildman–Crippen LogP) is 3.06. The summed E-state index contributed by atoms with van der Waals surface area (Å²) in [5.74, 6) is -0.903. The van der Waals surface area contributed by atoms with Crippen LogP contribution in [-0.4, -0.2) is 16.1 Å². The lowest BCUT2D eigenvalue weighted by atomic mass is 9.95. The quantitative estimate of drug-likeness (QED) is 0.857. The molecule has 3 nitrogen and oxygen atoms in total. The van der Waals surface area contributed by atoms with Gasteiger partial charge < -0.3 is 5.11 Å². The molecular formula is C14H13NO2. The van der Waals surface area contributed by atoms with Gasteiger partial charge in [0.15, 0.2) is 0 Å². The van der Waals surface area contributed by atoms with Gasteiger partial charge in [0.1, 0.15) is 0 Å². The van der Waals surface area contributed by atoms with Gasteiger partial charge in [-0.25, -0.2) is 4.79 Å². The fraction of sp³-hybridized carbons (Fsp3) is 0.143. The van der Waals surface area contributed by atoms with Crippen molar-refractivity contribution < 1.29 is 9.90 Å². The van der Waals surface area contributed by atoms with Crippen LogP contribution < -0.4 is 0 Å². The molecule has 1 N–H and O–H groups in total. The van der Waals surface area contributed by atoms with E-state index >= 15 is 0 Å².